The van der Waals surface area contributed by atoms with E-state index in [9.17, 15) is 5.11 Å². The summed E-state index contributed by atoms with van der Waals surface area (Å²) in [6.07, 6.45) is 4.72. The Kier molecular flexibility index (Phi) is 6.63. The Balaban J connectivity index is 3.38. The van der Waals surface area contributed by atoms with Crippen molar-refractivity contribution in [2.45, 2.75) is 46.5 Å². The van der Waals surface area contributed by atoms with Crippen LogP contribution in [0.2, 0.25) is 0 Å². The summed E-state index contributed by atoms with van der Waals surface area (Å²) in [5.74, 6) is 1.36. The fraction of sp³-hybridized carbons (Fsp3) is 1.00. The van der Waals surface area contributed by atoms with Crippen molar-refractivity contribution in [1.29, 1.82) is 0 Å². The smallest absolute Gasteiger partial charge is 0.0825 e. The SMILES string of the molecule is CCCCC(C)C(C)CC[O]. The maximum atomic E-state index is 10.3. The van der Waals surface area contributed by atoms with Gasteiger partial charge in [-0.15, -0.1) is 0 Å². The van der Waals surface area contributed by atoms with Gasteiger partial charge in [0.05, 0.1) is 6.61 Å². The van der Waals surface area contributed by atoms with E-state index in [1.54, 1.807) is 0 Å². The molecule has 11 heavy (non-hydrogen) atoms. The van der Waals surface area contributed by atoms with E-state index in [0.717, 1.165) is 12.3 Å². The van der Waals surface area contributed by atoms with Crippen LogP contribution in [0.15, 0.2) is 0 Å². The molecule has 0 aromatic rings. The van der Waals surface area contributed by atoms with E-state index in [4.69, 9.17) is 0 Å². The molecule has 0 fully saturated rings. The van der Waals surface area contributed by atoms with Crippen LogP contribution < -0.4 is 0 Å². The Morgan fingerprint density at radius 1 is 1.09 bits per heavy atom. The molecule has 0 aliphatic rings. The molecule has 0 saturated carbocycles. The highest BCUT2D eigenvalue weighted by atomic mass is 16.3. The van der Waals surface area contributed by atoms with Crippen molar-refractivity contribution in [3.05, 3.63) is 0 Å². The van der Waals surface area contributed by atoms with Gasteiger partial charge >= 0.3 is 0 Å². The largest absolute Gasteiger partial charge is 0.237 e. The van der Waals surface area contributed by atoms with Gasteiger partial charge in [0.25, 0.3) is 0 Å². The lowest BCUT2D eigenvalue weighted by atomic mass is 9.89. The quantitative estimate of drug-likeness (QED) is 0.564. The van der Waals surface area contributed by atoms with Crippen LogP contribution in [0.25, 0.3) is 0 Å². The van der Waals surface area contributed by atoms with E-state index in [2.05, 4.69) is 20.8 Å². The van der Waals surface area contributed by atoms with Gasteiger partial charge in [0.2, 0.25) is 0 Å². The van der Waals surface area contributed by atoms with Gasteiger partial charge in [-0.25, -0.2) is 5.11 Å². The zero-order chi connectivity index (χ0) is 8.69. The second-order valence-corrected chi connectivity index (χ2v) is 3.59. The van der Waals surface area contributed by atoms with E-state index in [1.807, 2.05) is 0 Å². The molecule has 2 unspecified atom stereocenters. The lowest BCUT2D eigenvalue weighted by Gasteiger charge is -2.17. The van der Waals surface area contributed by atoms with Crippen LogP contribution in [-0.4, -0.2) is 6.61 Å². The van der Waals surface area contributed by atoms with Gasteiger partial charge in [0, 0.05) is 0 Å². The molecule has 1 radical (unpaired) electrons. The second kappa shape index (κ2) is 6.66. The summed E-state index contributed by atoms with van der Waals surface area (Å²) in [7, 11) is 0. The Hall–Kier alpha value is -0.0400. The van der Waals surface area contributed by atoms with Gasteiger partial charge in [-0.2, -0.15) is 0 Å². The summed E-state index contributed by atoms with van der Waals surface area (Å²) in [4.78, 5) is 0. The molecule has 0 saturated heterocycles. The molecule has 0 aliphatic heterocycles. The van der Waals surface area contributed by atoms with Crippen molar-refractivity contribution in [2.24, 2.45) is 11.8 Å². The lowest BCUT2D eigenvalue weighted by molar-refractivity contribution is 0.158. The van der Waals surface area contributed by atoms with E-state index >= 15 is 0 Å². The molecule has 67 valence electrons. The average molecular weight is 157 g/mol. The molecule has 2 atom stereocenters. The highest BCUT2D eigenvalue weighted by Crippen LogP contribution is 2.20. The molecule has 0 aromatic carbocycles. The number of rotatable bonds is 6. The van der Waals surface area contributed by atoms with Crippen LogP contribution in [0.5, 0.6) is 0 Å². The van der Waals surface area contributed by atoms with Gasteiger partial charge in [0.15, 0.2) is 0 Å². The minimum atomic E-state index is 0.0949. The minimum absolute atomic E-state index is 0.0949. The van der Waals surface area contributed by atoms with Crippen molar-refractivity contribution in [2.75, 3.05) is 6.61 Å². The molecule has 1 nitrogen and oxygen atoms in total. The van der Waals surface area contributed by atoms with E-state index in [1.165, 1.54) is 19.3 Å². The third kappa shape index (κ3) is 5.25. The van der Waals surface area contributed by atoms with Crippen LogP contribution in [0.1, 0.15) is 46.5 Å². The molecular weight excluding hydrogens is 136 g/mol. The second-order valence-electron chi connectivity index (χ2n) is 3.59. The molecule has 0 bridgehead atoms. The maximum absolute atomic E-state index is 10.3. The molecule has 0 amide bonds. The summed E-state index contributed by atoms with van der Waals surface area (Å²) in [5, 5.41) is 10.3. The van der Waals surface area contributed by atoms with Gasteiger partial charge < -0.3 is 0 Å². The molecule has 0 spiro atoms. The van der Waals surface area contributed by atoms with Crippen molar-refractivity contribution < 1.29 is 5.11 Å². The van der Waals surface area contributed by atoms with Crippen LogP contribution in [0.3, 0.4) is 0 Å². The third-order valence-corrected chi connectivity index (χ3v) is 2.56. The van der Waals surface area contributed by atoms with Gasteiger partial charge in [-0.1, -0.05) is 40.0 Å². The fourth-order valence-corrected chi connectivity index (χ4v) is 1.28. The van der Waals surface area contributed by atoms with Crippen LogP contribution in [-0.2, 0) is 5.11 Å². The Morgan fingerprint density at radius 3 is 2.09 bits per heavy atom. The Labute approximate surface area is 70.8 Å². The zero-order valence-corrected chi connectivity index (χ0v) is 8.10. The first-order valence-corrected chi connectivity index (χ1v) is 4.80. The summed E-state index contributed by atoms with van der Waals surface area (Å²) in [6.45, 7) is 6.76. The average Bonchev–Trinajstić information content (AvgIpc) is 2.00. The lowest BCUT2D eigenvalue weighted by Crippen LogP contribution is -2.09. The van der Waals surface area contributed by atoms with E-state index < -0.39 is 0 Å². The Morgan fingerprint density at radius 2 is 1.64 bits per heavy atom. The summed E-state index contributed by atoms with van der Waals surface area (Å²) < 4.78 is 0. The summed E-state index contributed by atoms with van der Waals surface area (Å²) in [6, 6.07) is 0. The third-order valence-electron chi connectivity index (χ3n) is 2.56. The van der Waals surface area contributed by atoms with Crippen LogP contribution >= 0.6 is 0 Å². The molecule has 0 aromatic heterocycles. The summed E-state index contributed by atoms with van der Waals surface area (Å²) >= 11 is 0. The topological polar surface area (TPSA) is 19.9 Å². The van der Waals surface area contributed by atoms with Crippen molar-refractivity contribution in [1.82, 2.24) is 0 Å². The standard InChI is InChI=1S/C10H21O/c1-4-5-6-9(2)10(3)7-8-11/h9-10H,4-8H2,1-3H3. The zero-order valence-electron chi connectivity index (χ0n) is 8.10. The molecule has 0 heterocycles. The highest BCUT2D eigenvalue weighted by molar-refractivity contribution is 4.61. The van der Waals surface area contributed by atoms with E-state index in [0.29, 0.717) is 5.92 Å². The first kappa shape index (κ1) is 11.0. The molecular formula is C10H21O. The predicted octanol–water partition coefficient (Wildman–Crippen LogP) is 3.27. The predicted molar refractivity (Wildman–Crippen MR) is 48.0 cm³/mol. The van der Waals surface area contributed by atoms with Crippen LogP contribution in [0, 0.1) is 11.8 Å². The number of unbranched alkanes of at least 4 members (excludes halogenated alkanes) is 1. The first-order valence-electron chi connectivity index (χ1n) is 4.80. The van der Waals surface area contributed by atoms with Crippen LogP contribution in [0.4, 0.5) is 0 Å². The van der Waals surface area contributed by atoms with Gasteiger partial charge in [0.1, 0.15) is 0 Å². The fourth-order valence-electron chi connectivity index (χ4n) is 1.28. The number of hydrogen-bond donors (Lipinski definition) is 0. The minimum Gasteiger partial charge on any atom is -0.237 e. The normalized spacial score (nSPS) is 16.4. The summed E-state index contributed by atoms with van der Waals surface area (Å²) in [5.41, 5.74) is 0. The van der Waals surface area contributed by atoms with Gasteiger partial charge in [-0.05, 0) is 18.3 Å². The molecule has 0 rings (SSSR count). The monoisotopic (exact) mass is 157 g/mol. The highest BCUT2D eigenvalue weighted by Gasteiger charge is 2.10. The van der Waals surface area contributed by atoms with Crippen molar-refractivity contribution in [3.63, 3.8) is 0 Å². The van der Waals surface area contributed by atoms with Crippen molar-refractivity contribution in [3.8, 4) is 0 Å². The van der Waals surface area contributed by atoms with Crippen molar-refractivity contribution >= 4 is 0 Å². The molecule has 1 heteroatoms. The molecule has 0 N–H and O–H groups in total. The van der Waals surface area contributed by atoms with Gasteiger partial charge in [-0.3, -0.25) is 0 Å². The van der Waals surface area contributed by atoms with E-state index in [-0.39, 0.29) is 6.61 Å². The Bertz CT molecular complexity index is 80.9. The maximum Gasteiger partial charge on any atom is 0.0825 e. The molecule has 0 aliphatic carbocycles. The number of hydrogen-bond acceptors (Lipinski definition) is 0. The first-order chi connectivity index (χ1) is 5.22.